The van der Waals surface area contributed by atoms with Crippen molar-refractivity contribution < 1.29 is 4.39 Å². The maximum absolute atomic E-state index is 14.3. The van der Waals surface area contributed by atoms with Gasteiger partial charge in [-0.3, -0.25) is 4.98 Å². The van der Waals surface area contributed by atoms with E-state index in [1.807, 2.05) is 43.4 Å². The molecule has 0 aliphatic carbocycles. The lowest BCUT2D eigenvalue weighted by Crippen LogP contribution is -1.94. The van der Waals surface area contributed by atoms with E-state index in [0.717, 1.165) is 27.9 Å². The molecule has 1 N–H and O–H groups in total. The second-order valence-corrected chi connectivity index (χ2v) is 7.11. The van der Waals surface area contributed by atoms with Crippen molar-refractivity contribution in [1.29, 1.82) is 0 Å². The molecule has 29 heavy (non-hydrogen) atoms. The van der Waals surface area contributed by atoms with Crippen LogP contribution in [0, 0.1) is 5.82 Å². The Hall–Kier alpha value is -3.51. The summed E-state index contributed by atoms with van der Waals surface area (Å²) in [7, 11) is 1.86. The van der Waals surface area contributed by atoms with Crippen molar-refractivity contribution in [1.82, 2.24) is 24.7 Å². The van der Waals surface area contributed by atoms with Gasteiger partial charge in [0, 0.05) is 41.5 Å². The Morgan fingerprint density at radius 2 is 1.93 bits per heavy atom. The molecule has 0 amide bonds. The van der Waals surface area contributed by atoms with E-state index in [1.54, 1.807) is 29.2 Å². The van der Waals surface area contributed by atoms with Gasteiger partial charge in [0.1, 0.15) is 5.82 Å². The van der Waals surface area contributed by atoms with Crippen LogP contribution >= 0.6 is 11.6 Å². The number of benzene rings is 2. The van der Waals surface area contributed by atoms with Crippen LogP contribution < -0.4 is 0 Å². The number of rotatable bonds is 3. The first-order chi connectivity index (χ1) is 14.1. The van der Waals surface area contributed by atoms with Crippen molar-refractivity contribution in [3.05, 3.63) is 77.8 Å². The van der Waals surface area contributed by atoms with Crippen molar-refractivity contribution in [2.75, 3.05) is 0 Å². The maximum Gasteiger partial charge on any atom is 0.183 e. The van der Waals surface area contributed by atoms with Gasteiger partial charge in [0.25, 0.3) is 0 Å². The molecular weight excluding hydrogens is 389 g/mol. The van der Waals surface area contributed by atoms with Gasteiger partial charge in [-0.05, 0) is 48.5 Å². The number of pyridine rings is 1. The summed E-state index contributed by atoms with van der Waals surface area (Å²) in [4.78, 5) is 12.0. The smallest absolute Gasteiger partial charge is 0.183 e. The van der Waals surface area contributed by atoms with Crippen LogP contribution in [0.25, 0.3) is 44.9 Å². The van der Waals surface area contributed by atoms with E-state index in [0.29, 0.717) is 22.1 Å². The summed E-state index contributed by atoms with van der Waals surface area (Å²) in [6, 6.07) is 16.2. The Morgan fingerprint density at radius 3 is 2.72 bits per heavy atom. The van der Waals surface area contributed by atoms with Crippen molar-refractivity contribution >= 4 is 22.5 Å². The predicted molar refractivity (Wildman–Crippen MR) is 112 cm³/mol. The monoisotopic (exact) mass is 403 g/mol. The molecule has 3 aromatic heterocycles. The molecule has 2 aromatic carbocycles. The molecule has 0 saturated carbocycles. The molecule has 5 nitrogen and oxygen atoms in total. The standard InChI is InChI=1S/C22H15ClFN5/c1-29-22(27-21(28-29)14-4-3-9-25-12-14)13-7-8-18-15(10-13)11-19(26-18)20-16(23)5-2-6-17(20)24/h2-12,26H,1H3. The highest BCUT2D eigenvalue weighted by atomic mass is 35.5. The first kappa shape index (κ1) is 17.6. The van der Waals surface area contributed by atoms with Gasteiger partial charge in [0.15, 0.2) is 11.6 Å². The van der Waals surface area contributed by atoms with Crippen LogP contribution in [0.3, 0.4) is 0 Å². The molecule has 0 aliphatic heterocycles. The zero-order valence-corrected chi connectivity index (χ0v) is 16.2. The largest absolute Gasteiger partial charge is 0.354 e. The van der Waals surface area contributed by atoms with Gasteiger partial charge in [0.2, 0.25) is 0 Å². The third-order valence-corrected chi connectivity index (χ3v) is 5.11. The molecule has 142 valence electrons. The normalized spacial score (nSPS) is 11.3. The molecule has 0 unspecified atom stereocenters. The molecule has 0 fully saturated rings. The van der Waals surface area contributed by atoms with E-state index in [9.17, 15) is 4.39 Å². The SMILES string of the molecule is Cn1nc(-c2cccnc2)nc1-c1ccc2[nH]c(-c3c(F)cccc3Cl)cc2c1. The minimum absolute atomic E-state index is 0.362. The van der Waals surface area contributed by atoms with Gasteiger partial charge < -0.3 is 4.98 Å². The number of fused-ring (bicyclic) bond motifs is 1. The average Bonchev–Trinajstić information content (AvgIpc) is 3.31. The van der Waals surface area contributed by atoms with Crippen LogP contribution in [0.4, 0.5) is 4.39 Å². The van der Waals surface area contributed by atoms with E-state index < -0.39 is 0 Å². The molecule has 0 saturated heterocycles. The molecule has 0 bridgehead atoms. The first-order valence-corrected chi connectivity index (χ1v) is 9.37. The quantitative estimate of drug-likeness (QED) is 0.433. The lowest BCUT2D eigenvalue weighted by molar-refractivity contribution is 0.631. The van der Waals surface area contributed by atoms with Crippen LogP contribution in [-0.2, 0) is 7.05 Å². The van der Waals surface area contributed by atoms with Crippen molar-refractivity contribution in [3.63, 3.8) is 0 Å². The summed E-state index contributed by atoms with van der Waals surface area (Å²) < 4.78 is 16.0. The molecule has 0 spiro atoms. The lowest BCUT2D eigenvalue weighted by Gasteiger charge is -2.02. The predicted octanol–water partition coefficient (Wildman–Crippen LogP) is 5.48. The summed E-state index contributed by atoms with van der Waals surface area (Å²) in [5, 5.41) is 5.80. The summed E-state index contributed by atoms with van der Waals surface area (Å²) in [5.41, 5.74) is 3.65. The topological polar surface area (TPSA) is 59.4 Å². The van der Waals surface area contributed by atoms with Crippen LogP contribution in [0.5, 0.6) is 0 Å². The summed E-state index contributed by atoms with van der Waals surface area (Å²) in [6.07, 6.45) is 3.45. The number of halogens is 2. The van der Waals surface area contributed by atoms with E-state index in [1.165, 1.54) is 6.07 Å². The molecule has 0 atom stereocenters. The van der Waals surface area contributed by atoms with Crippen molar-refractivity contribution in [2.45, 2.75) is 0 Å². The fraction of sp³-hybridized carbons (Fsp3) is 0.0455. The number of nitrogens with one attached hydrogen (secondary N) is 1. The minimum Gasteiger partial charge on any atom is -0.354 e. The van der Waals surface area contributed by atoms with Gasteiger partial charge >= 0.3 is 0 Å². The first-order valence-electron chi connectivity index (χ1n) is 8.99. The fourth-order valence-electron chi connectivity index (χ4n) is 3.41. The van der Waals surface area contributed by atoms with E-state index in [2.05, 4.69) is 20.1 Å². The van der Waals surface area contributed by atoms with Gasteiger partial charge in [0.05, 0.1) is 16.3 Å². The van der Waals surface area contributed by atoms with Crippen LogP contribution in [0.2, 0.25) is 5.02 Å². The second-order valence-electron chi connectivity index (χ2n) is 6.71. The molecule has 5 rings (SSSR count). The Bertz CT molecular complexity index is 1320. The van der Waals surface area contributed by atoms with Gasteiger partial charge in [-0.2, -0.15) is 5.10 Å². The Balaban J connectivity index is 1.59. The number of hydrogen-bond acceptors (Lipinski definition) is 3. The molecule has 3 heterocycles. The summed E-state index contributed by atoms with van der Waals surface area (Å²) in [6.45, 7) is 0. The highest BCUT2D eigenvalue weighted by Gasteiger charge is 2.15. The molecule has 0 aliphatic rings. The molecule has 7 heteroatoms. The maximum atomic E-state index is 14.3. The Kier molecular flexibility index (Phi) is 4.14. The van der Waals surface area contributed by atoms with Gasteiger partial charge in [-0.25, -0.2) is 14.1 Å². The number of hydrogen-bond donors (Lipinski definition) is 1. The van der Waals surface area contributed by atoms with Crippen molar-refractivity contribution in [2.24, 2.45) is 7.05 Å². The number of aryl methyl sites for hydroxylation is 1. The fourth-order valence-corrected chi connectivity index (χ4v) is 3.68. The van der Waals surface area contributed by atoms with E-state index in [-0.39, 0.29) is 5.82 Å². The summed E-state index contributed by atoms with van der Waals surface area (Å²) in [5.74, 6) is 0.986. The number of aromatic amines is 1. The number of nitrogens with zero attached hydrogens (tertiary/aromatic N) is 4. The average molecular weight is 404 g/mol. The third-order valence-electron chi connectivity index (χ3n) is 4.79. The molecular formula is C22H15ClFN5. The van der Waals surface area contributed by atoms with Gasteiger partial charge in [-0.15, -0.1) is 0 Å². The van der Waals surface area contributed by atoms with E-state index >= 15 is 0 Å². The highest BCUT2D eigenvalue weighted by Crippen LogP contribution is 2.33. The molecule has 5 aromatic rings. The van der Waals surface area contributed by atoms with Gasteiger partial charge in [-0.1, -0.05) is 17.7 Å². The Morgan fingerprint density at radius 1 is 1.03 bits per heavy atom. The molecule has 0 radical (unpaired) electrons. The minimum atomic E-state index is -0.362. The second kappa shape index (κ2) is 6.83. The summed E-state index contributed by atoms with van der Waals surface area (Å²) >= 11 is 6.21. The third kappa shape index (κ3) is 3.07. The van der Waals surface area contributed by atoms with Crippen LogP contribution in [0.15, 0.2) is 67.0 Å². The zero-order chi connectivity index (χ0) is 20.0. The van der Waals surface area contributed by atoms with Crippen LogP contribution in [-0.4, -0.2) is 24.7 Å². The van der Waals surface area contributed by atoms with Crippen molar-refractivity contribution in [3.8, 4) is 34.0 Å². The lowest BCUT2D eigenvalue weighted by atomic mass is 10.1. The van der Waals surface area contributed by atoms with Crippen LogP contribution in [0.1, 0.15) is 0 Å². The highest BCUT2D eigenvalue weighted by molar-refractivity contribution is 6.33. The Labute approximate surface area is 170 Å². The zero-order valence-electron chi connectivity index (χ0n) is 15.4. The number of aromatic nitrogens is 5. The van der Waals surface area contributed by atoms with E-state index in [4.69, 9.17) is 11.6 Å². The number of H-pyrrole nitrogens is 1.